The molecule has 0 bridgehead atoms. The summed E-state index contributed by atoms with van der Waals surface area (Å²) < 4.78 is 5.35. The van der Waals surface area contributed by atoms with Gasteiger partial charge < -0.3 is 15.6 Å². The minimum absolute atomic E-state index is 0.566. The van der Waals surface area contributed by atoms with Crippen LogP contribution in [0.15, 0.2) is 18.5 Å². The van der Waals surface area contributed by atoms with Gasteiger partial charge in [-0.05, 0) is 30.9 Å². The number of pyridine rings is 1. The minimum Gasteiger partial charge on any atom is -0.398 e. The van der Waals surface area contributed by atoms with Crippen molar-refractivity contribution in [2.75, 3.05) is 18.9 Å². The number of aliphatic hydroxyl groups is 1. The van der Waals surface area contributed by atoms with E-state index in [2.05, 4.69) is 4.98 Å². The Hall–Kier alpha value is -1.13. The van der Waals surface area contributed by atoms with Crippen LogP contribution >= 0.6 is 0 Å². The van der Waals surface area contributed by atoms with Gasteiger partial charge in [-0.2, -0.15) is 0 Å². The highest BCUT2D eigenvalue weighted by Crippen LogP contribution is 2.27. The van der Waals surface area contributed by atoms with Crippen molar-refractivity contribution >= 4 is 5.69 Å². The molecule has 88 valence electrons. The predicted octanol–water partition coefficient (Wildman–Crippen LogP) is 1.14. The van der Waals surface area contributed by atoms with Crippen molar-refractivity contribution in [1.82, 2.24) is 4.98 Å². The second-order valence-electron chi connectivity index (χ2n) is 4.44. The van der Waals surface area contributed by atoms with Crippen LogP contribution in [0.5, 0.6) is 0 Å². The van der Waals surface area contributed by atoms with E-state index in [-0.39, 0.29) is 0 Å². The standard InChI is InChI=1S/C12H18N2O2/c13-11-2-5-14-9-10(11)8-12(15)3-1-6-16-7-4-12/h2,5,9,15H,1,3-4,6-8H2,(H2,13,14). The number of hydrogen-bond acceptors (Lipinski definition) is 4. The number of hydrogen-bond donors (Lipinski definition) is 2. The molecule has 0 amide bonds. The highest BCUT2D eigenvalue weighted by atomic mass is 16.5. The molecule has 0 spiro atoms. The summed E-state index contributed by atoms with van der Waals surface area (Å²) in [6.45, 7) is 1.36. The Morgan fingerprint density at radius 3 is 3.12 bits per heavy atom. The Balaban J connectivity index is 2.10. The Bertz CT molecular complexity index is 347. The molecule has 1 aliphatic rings. The molecule has 16 heavy (non-hydrogen) atoms. The summed E-state index contributed by atoms with van der Waals surface area (Å²) in [5.41, 5.74) is 6.79. The highest BCUT2D eigenvalue weighted by molar-refractivity contribution is 5.45. The van der Waals surface area contributed by atoms with Crippen LogP contribution in [0.3, 0.4) is 0 Å². The summed E-state index contributed by atoms with van der Waals surface area (Å²) >= 11 is 0. The van der Waals surface area contributed by atoms with Gasteiger partial charge in [0.25, 0.3) is 0 Å². The van der Waals surface area contributed by atoms with Gasteiger partial charge in [-0.25, -0.2) is 0 Å². The van der Waals surface area contributed by atoms with Crippen molar-refractivity contribution in [2.45, 2.75) is 31.3 Å². The Morgan fingerprint density at radius 1 is 1.44 bits per heavy atom. The van der Waals surface area contributed by atoms with Gasteiger partial charge in [0.05, 0.1) is 5.60 Å². The molecular weight excluding hydrogens is 204 g/mol. The van der Waals surface area contributed by atoms with E-state index < -0.39 is 5.60 Å². The predicted molar refractivity (Wildman–Crippen MR) is 62.0 cm³/mol. The molecule has 0 aliphatic carbocycles. The third-order valence-corrected chi connectivity index (χ3v) is 3.10. The van der Waals surface area contributed by atoms with Gasteiger partial charge in [0.1, 0.15) is 0 Å². The third kappa shape index (κ3) is 2.71. The first kappa shape index (κ1) is 11.4. The second-order valence-corrected chi connectivity index (χ2v) is 4.44. The smallest absolute Gasteiger partial charge is 0.0712 e. The van der Waals surface area contributed by atoms with Gasteiger partial charge >= 0.3 is 0 Å². The maximum atomic E-state index is 10.5. The summed E-state index contributed by atoms with van der Waals surface area (Å²) in [6.07, 6.45) is 6.30. The lowest BCUT2D eigenvalue weighted by Gasteiger charge is -2.26. The van der Waals surface area contributed by atoms with E-state index in [1.165, 1.54) is 0 Å². The number of ether oxygens (including phenoxy) is 1. The van der Waals surface area contributed by atoms with E-state index >= 15 is 0 Å². The minimum atomic E-state index is -0.687. The molecule has 0 saturated carbocycles. The first-order chi connectivity index (χ1) is 7.70. The molecule has 1 fully saturated rings. The molecule has 4 nitrogen and oxygen atoms in total. The Kier molecular flexibility index (Phi) is 3.41. The lowest BCUT2D eigenvalue weighted by Crippen LogP contribution is -2.32. The van der Waals surface area contributed by atoms with Crippen molar-refractivity contribution < 1.29 is 9.84 Å². The van der Waals surface area contributed by atoms with E-state index in [1.54, 1.807) is 18.5 Å². The maximum absolute atomic E-state index is 10.5. The first-order valence-corrected chi connectivity index (χ1v) is 5.68. The Labute approximate surface area is 95.4 Å². The number of nitrogen functional groups attached to an aromatic ring is 1. The van der Waals surface area contributed by atoms with Gasteiger partial charge in [-0.3, -0.25) is 4.98 Å². The first-order valence-electron chi connectivity index (χ1n) is 5.68. The molecule has 1 unspecified atom stereocenters. The molecular formula is C12H18N2O2. The summed E-state index contributed by atoms with van der Waals surface area (Å²) in [5, 5.41) is 10.5. The van der Waals surface area contributed by atoms with E-state index in [0.717, 1.165) is 25.0 Å². The summed E-state index contributed by atoms with van der Waals surface area (Å²) in [4.78, 5) is 4.04. The van der Waals surface area contributed by atoms with Gasteiger partial charge in [-0.15, -0.1) is 0 Å². The van der Waals surface area contributed by atoms with Crippen LogP contribution in [0.2, 0.25) is 0 Å². The van der Waals surface area contributed by atoms with Gasteiger partial charge in [0, 0.05) is 37.7 Å². The van der Waals surface area contributed by atoms with E-state index in [4.69, 9.17) is 10.5 Å². The quantitative estimate of drug-likeness (QED) is 0.787. The number of nitrogens with two attached hydrogens (primary N) is 1. The zero-order valence-corrected chi connectivity index (χ0v) is 9.35. The molecule has 1 aliphatic heterocycles. The van der Waals surface area contributed by atoms with Crippen LogP contribution in [-0.2, 0) is 11.2 Å². The van der Waals surface area contributed by atoms with E-state index in [9.17, 15) is 5.11 Å². The van der Waals surface area contributed by atoms with Gasteiger partial charge in [-0.1, -0.05) is 0 Å². The van der Waals surface area contributed by atoms with Crippen molar-refractivity contribution in [3.8, 4) is 0 Å². The Morgan fingerprint density at radius 2 is 2.31 bits per heavy atom. The highest BCUT2D eigenvalue weighted by Gasteiger charge is 2.29. The lowest BCUT2D eigenvalue weighted by molar-refractivity contribution is 0.0189. The van der Waals surface area contributed by atoms with Crippen molar-refractivity contribution in [3.63, 3.8) is 0 Å². The van der Waals surface area contributed by atoms with Crippen LogP contribution < -0.4 is 5.73 Å². The SMILES string of the molecule is Nc1ccncc1CC1(O)CCCOCC1. The molecule has 3 N–H and O–H groups in total. The number of aromatic nitrogens is 1. The maximum Gasteiger partial charge on any atom is 0.0712 e. The van der Waals surface area contributed by atoms with Crippen molar-refractivity contribution in [3.05, 3.63) is 24.0 Å². The fourth-order valence-electron chi connectivity index (χ4n) is 2.11. The second kappa shape index (κ2) is 4.80. The fraction of sp³-hybridized carbons (Fsp3) is 0.583. The van der Waals surface area contributed by atoms with Crippen LogP contribution in [0.4, 0.5) is 5.69 Å². The monoisotopic (exact) mass is 222 g/mol. The lowest BCUT2D eigenvalue weighted by atomic mass is 9.88. The molecule has 1 aromatic rings. The molecule has 2 heterocycles. The van der Waals surface area contributed by atoms with Crippen LogP contribution in [0.25, 0.3) is 0 Å². The molecule has 2 rings (SSSR count). The topological polar surface area (TPSA) is 68.4 Å². The van der Waals surface area contributed by atoms with Gasteiger partial charge in [0.15, 0.2) is 0 Å². The molecule has 1 saturated heterocycles. The van der Waals surface area contributed by atoms with Crippen molar-refractivity contribution in [1.29, 1.82) is 0 Å². The zero-order chi connectivity index (χ0) is 11.4. The largest absolute Gasteiger partial charge is 0.398 e. The van der Waals surface area contributed by atoms with Crippen LogP contribution in [0.1, 0.15) is 24.8 Å². The van der Waals surface area contributed by atoms with E-state index in [0.29, 0.717) is 25.1 Å². The van der Waals surface area contributed by atoms with Crippen LogP contribution in [-0.4, -0.2) is 28.9 Å². The third-order valence-electron chi connectivity index (χ3n) is 3.10. The summed E-state index contributed by atoms with van der Waals surface area (Å²) in [6, 6.07) is 1.77. The molecule has 1 atom stereocenters. The number of rotatable bonds is 2. The average molecular weight is 222 g/mol. The molecule has 1 aromatic heterocycles. The zero-order valence-electron chi connectivity index (χ0n) is 9.35. The van der Waals surface area contributed by atoms with Gasteiger partial charge in [0.2, 0.25) is 0 Å². The number of anilines is 1. The molecule has 0 aromatic carbocycles. The normalized spacial score (nSPS) is 26.3. The number of nitrogens with zero attached hydrogens (tertiary/aromatic N) is 1. The summed E-state index contributed by atoms with van der Waals surface area (Å²) in [5.74, 6) is 0. The fourth-order valence-corrected chi connectivity index (χ4v) is 2.11. The summed E-state index contributed by atoms with van der Waals surface area (Å²) in [7, 11) is 0. The molecule has 4 heteroatoms. The van der Waals surface area contributed by atoms with Crippen LogP contribution in [0, 0.1) is 0 Å². The average Bonchev–Trinajstić information content (AvgIpc) is 2.47. The molecule has 0 radical (unpaired) electrons. The van der Waals surface area contributed by atoms with Crippen molar-refractivity contribution in [2.24, 2.45) is 0 Å². The van der Waals surface area contributed by atoms with E-state index in [1.807, 2.05) is 0 Å².